The third kappa shape index (κ3) is 4.40. The predicted molar refractivity (Wildman–Crippen MR) is 140 cm³/mol. The van der Waals surface area contributed by atoms with Gasteiger partial charge in [-0.2, -0.15) is 10.4 Å². The highest BCUT2D eigenvalue weighted by Crippen LogP contribution is 2.51. The first-order valence-corrected chi connectivity index (χ1v) is 12.3. The van der Waals surface area contributed by atoms with E-state index in [2.05, 4.69) is 6.07 Å². The molecule has 7 heteroatoms. The average molecular weight is 495 g/mol. The molecule has 0 saturated carbocycles. The molecule has 0 spiro atoms. The topological polar surface area (TPSA) is 103 Å². The van der Waals surface area contributed by atoms with Crippen molar-refractivity contribution in [3.8, 4) is 23.4 Å². The molecule has 2 heterocycles. The first-order valence-electron chi connectivity index (χ1n) is 12.3. The molecule has 188 valence electrons. The normalized spacial score (nSPS) is 18.8. The van der Waals surface area contributed by atoms with Crippen LogP contribution in [0.25, 0.3) is 5.69 Å². The number of nitriles is 1. The first kappa shape index (κ1) is 24.4. The summed E-state index contributed by atoms with van der Waals surface area (Å²) in [6.07, 6.45) is 0.896. The monoisotopic (exact) mass is 494 g/mol. The minimum atomic E-state index is -0.739. The number of benzene rings is 2. The van der Waals surface area contributed by atoms with Gasteiger partial charge < -0.3 is 15.2 Å². The quantitative estimate of drug-likeness (QED) is 0.474. The van der Waals surface area contributed by atoms with Crippen molar-refractivity contribution in [1.82, 2.24) is 9.78 Å². The molecule has 2 N–H and O–H groups in total. The summed E-state index contributed by atoms with van der Waals surface area (Å²) in [5, 5.41) is 15.0. The number of Topliss-reactive ketones (excluding diaryl/α,β-unsaturated/α-hetero) is 1. The van der Waals surface area contributed by atoms with Crippen LogP contribution < -0.4 is 10.5 Å². The summed E-state index contributed by atoms with van der Waals surface area (Å²) in [7, 11) is 0. The molecular formula is C30H30N4O3. The van der Waals surface area contributed by atoms with Crippen molar-refractivity contribution in [2.45, 2.75) is 53.4 Å². The van der Waals surface area contributed by atoms with E-state index in [0.29, 0.717) is 47.1 Å². The molecule has 1 unspecified atom stereocenters. The lowest BCUT2D eigenvalue weighted by Gasteiger charge is -2.37. The summed E-state index contributed by atoms with van der Waals surface area (Å²) in [4.78, 5) is 13.5. The molecule has 2 aromatic carbocycles. The van der Waals surface area contributed by atoms with Crippen molar-refractivity contribution in [3.63, 3.8) is 0 Å². The number of nitrogens with zero attached hydrogens (tertiary/aromatic N) is 3. The number of aromatic nitrogens is 2. The first-order chi connectivity index (χ1) is 17.6. The maximum atomic E-state index is 13.5. The Morgan fingerprint density at radius 3 is 2.30 bits per heavy atom. The molecule has 0 saturated heterocycles. The van der Waals surface area contributed by atoms with Gasteiger partial charge in [0.15, 0.2) is 5.78 Å². The van der Waals surface area contributed by atoms with Gasteiger partial charge in [0.05, 0.1) is 22.9 Å². The number of ketones is 1. The fourth-order valence-electron chi connectivity index (χ4n) is 5.10. The van der Waals surface area contributed by atoms with Gasteiger partial charge in [0.1, 0.15) is 23.2 Å². The van der Waals surface area contributed by atoms with E-state index in [-0.39, 0.29) is 22.7 Å². The Morgan fingerprint density at radius 2 is 1.68 bits per heavy atom. The zero-order valence-electron chi connectivity index (χ0n) is 21.8. The lowest BCUT2D eigenvalue weighted by Crippen LogP contribution is -2.33. The highest BCUT2D eigenvalue weighted by molar-refractivity contribution is 6.00. The number of rotatable bonds is 4. The van der Waals surface area contributed by atoms with Crippen molar-refractivity contribution >= 4 is 5.78 Å². The molecule has 2 aliphatic rings. The van der Waals surface area contributed by atoms with Crippen LogP contribution in [0, 0.1) is 37.5 Å². The summed E-state index contributed by atoms with van der Waals surface area (Å²) in [5.74, 6) is 0.791. The number of hydrogen-bond acceptors (Lipinski definition) is 6. The molecule has 0 amide bonds. The molecule has 1 aromatic heterocycles. The van der Waals surface area contributed by atoms with E-state index < -0.39 is 5.92 Å². The molecule has 0 radical (unpaired) electrons. The van der Waals surface area contributed by atoms with Gasteiger partial charge in [-0.15, -0.1) is 0 Å². The summed E-state index contributed by atoms with van der Waals surface area (Å²) < 4.78 is 14.1. The number of aryl methyl sites for hydroxylation is 3. The molecule has 1 aliphatic carbocycles. The van der Waals surface area contributed by atoms with Crippen LogP contribution in [0.4, 0.5) is 0 Å². The third-order valence-electron chi connectivity index (χ3n) is 6.94. The van der Waals surface area contributed by atoms with Crippen molar-refractivity contribution in [2.24, 2.45) is 11.1 Å². The highest BCUT2D eigenvalue weighted by Gasteiger charge is 2.45. The van der Waals surface area contributed by atoms with Crippen LogP contribution in [0.15, 0.2) is 71.3 Å². The van der Waals surface area contributed by atoms with Crippen LogP contribution in [0.3, 0.4) is 0 Å². The maximum absolute atomic E-state index is 13.5. The van der Waals surface area contributed by atoms with Crippen LogP contribution in [0.2, 0.25) is 0 Å². The second-order valence-corrected chi connectivity index (χ2v) is 10.7. The molecule has 0 bridgehead atoms. The van der Waals surface area contributed by atoms with Crippen LogP contribution in [0.1, 0.15) is 55.0 Å². The number of carbonyl (C=O) groups excluding carboxylic acids is 1. The Morgan fingerprint density at radius 1 is 1.05 bits per heavy atom. The van der Waals surface area contributed by atoms with Crippen LogP contribution in [-0.4, -0.2) is 15.6 Å². The predicted octanol–water partition coefficient (Wildman–Crippen LogP) is 6.04. The van der Waals surface area contributed by atoms with Crippen LogP contribution >= 0.6 is 0 Å². The fraction of sp³-hybridized carbons (Fsp3) is 0.300. The SMILES string of the molecule is Cc1ccc(Oc2c(C3C(C#N)=C(N)OC4=C3C(=O)CC(C)(C)C4)c(C)nn2-c2ccc(C)cc2)cc1. The van der Waals surface area contributed by atoms with E-state index in [1.165, 1.54) is 0 Å². The number of allylic oxidation sites excluding steroid dienone is 3. The van der Waals surface area contributed by atoms with Gasteiger partial charge in [0.25, 0.3) is 0 Å². The van der Waals surface area contributed by atoms with E-state index in [1.807, 2.05) is 83.1 Å². The molecule has 3 aromatic rings. The lowest BCUT2D eigenvalue weighted by molar-refractivity contribution is -0.119. The van der Waals surface area contributed by atoms with E-state index in [9.17, 15) is 10.1 Å². The zero-order valence-corrected chi connectivity index (χ0v) is 21.8. The standard InChI is InChI=1S/C30H30N4O3/c1-17-6-10-20(11-7-17)34-29(36-21-12-8-18(2)9-13-21)25(19(3)33-34)26-22(16-31)28(32)37-24-15-30(4,5)14-23(35)27(24)26/h6-13,26H,14-15,32H2,1-5H3. The Hall–Kier alpha value is -4.31. The minimum absolute atomic E-state index is 0.0144. The summed E-state index contributed by atoms with van der Waals surface area (Å²) in [5.41, 5.74) is 11.0. The van der Waals surface area contributed by atoms with E-state index >= 15 is 0 Å². The van der Waals surface area contributed by atoms with Crippen molar-refractivity contribution in [1.29, 1.82) is 5.26 Å². The summed E-state index contributed by atoms with van der Waals surface area (Å²) in [6.45, 7) is 9.94. The van der Waals surface area contributed by atoms with Gasteiger partial charge in [-0.25, -0.2) is 4.68 Å². The molecule has 7 nitrogen and oxygen atoms in total. The summed E-state index contributed by atoms with van der Waals surface area (Å²) >= 11 is 0. The van der Waals surface area contributed by atoms with E-state index in [1.54, 1.807) is 4.68 Å². The molecule has 1 atom stereocenters. The van der Waals surface area contributed by atoms with Crippen molar-refractivity contribution < 1.29 is 14.3 Å². The molecule has 5 rings (SSSR count). The van der Waals surface area contributed by atoms with Crippen LogP contribution in [0.5, 0.6) is 11.6 Å². The summed E-state index contributed by atoms with van der Waals surface area (Å²) in [6, 6.07) is 17.9. The Bertz CT molecular complexity index is 1500. The smallest absolute Gasteiger partial charge is 0.227 e. The molecule has 37 heavy (non-hydrogen) atoms. The maximum Gasteiger partial charge on any atom is 0.227 e. The van der Waals surface area contributed by atoms with Gasteiger partial charge in [-0.1, -0.05) is 49.2 Å². The number of ether oxygens (including phenoxy) is 2. The van der Waals surface area contributed by atoms with Gasteiger partial charge in [0.2, 0.25) is 11.8 Å². The number of nitrogens with two attached hydrogens (primary N) is 1. The number of carbonyl (C=O) groups is 1. The molecule has 0 fully saturated rings. The average Bonchev–Trinajstić information content (AvgIpc) is 3.14. The van der Waals surface area contributed by atoms with Gasteiger partial charge in [-0.3, -0.25) is 4.79 Å². The lowest BCUT2D eigenvalue weighted by atomic mass is 9.70. The third-order valence-corrected chi connectivity index (χ3v) is 6.94. The fourth-order valence-corrected chi connectivity index (χ4v) is 5.10. The second-order valence-electron chi connectivity index (χ2n) is 10.7. The van der Waals surface area contributed by atoms with Gasteiger partial charge >= 0.3 is 0 Å². The van der Waals surface area contributed by atoms with Gasteiger partial charge in [0, 0.05) is 18.4 Å². The van der Waals surface area contributed by atoms with Crippen LogP contribution in [-0.2, 0) is 9.53 Å². The Labute approximate surface area is 216 Å². The Kier molecular flexibility index (Phi) is 5.91. The van der Waals surface area contributed by atoms with Gasteiger partial charge in [-0.05, 0) is 50.5 Å². The Balaban J connectivity index is 1.76. The van der Waals surface area contributed by atoms with Crippen molar-refractivity contribution in [3.05, 3.63) is 93.7 Å². The molecular weight excluding hydrogens is 464 g/mol. The zero-order chi connectivity index (χ0) is 26.5. The second kappa shape index (κ2) is 8.97. The number of hydrogen-bond donors (Lipinski definition) is 1. The largest absolute Gasteiger partial charge is 0.444 e. The van der Waals surface area contributed by atoms with Crippen molar-refractivity contribution in [2.75, 3.05) is 0 Å². The van der Waals surface area contributed by atoms with E-state index in [4.69, 9.17) is 20.3 Å². The highest BCUT2D eigenvalue weighted by atomic mass is 16.5. The van der Waals surface area contributed by atoms with E-state index in [0.717, 1.165) is 16.8 Å². The minimum Gasteiger partial charge on any atom is -0.444 e. The molecule has 1 aliphatic heterocycles.